The summed E-state index contributed by atoms with van der Waals surface area (Å²) in [5.41, 5.74) is 4.06. The minimum Gasteiger partial charge on any atom is -0.464 e. The lowest BCUT2D eigenvalue weighted by Gasteiger charge is -2.10. The number of fused-ring (bicyclic) bond motifs is 3. The highest BCUT2D eigenvalue weighted by atomic mass is 19.1. The van der Waals surface area contributed by atoms with Crippen molar-refractivity contribution in [1.29, 1.82) is 0 Å². The second-order valence-corrected chi connectivity index (χ2v) is 11.4. The first-order valence-electron chi connectivity index (χ1n) is 15.1. The molecule has 3 atom stereocenters. The molecule has 0 radical (unpaired) electrons. The van der Waals surface area contributed by atoms with Crippen molar-refractivity contribution in [2.24, 2.45) is 0 Å². The molecular weight excluding hydrogens is 579 g/mol. The molecule has 0 spiro atoms. The molecule has 45 heavy (non-hydrogen) atoms. The highest BCUT2D eigenvalue weighted by Crippen LogP contribution is 2.24. The molecule has 3 heterocycles. The summed E-state index contributed by atoms with van der Waals surface area (Å²) in [6, 6.07) is 16.5. The van der Waals surface area contributed by atoms with Gasteiger partial charge in [-0.3, -0.25) is 0 Å². The SMILES string of the molecule is CNC(C)Cc1cc(F)c2ccoc2c1.CNC(C)Cc1cc2occc2cc1F.CNC(C)Cc1ccc2ccoc2c1F. The predicted octanol–water partition coefficient (Wildman–Crippen LogP) is 8.17. The van der Waals surface area contributed by atoms with Crippen LogP contribution in [0.5, 0.6) is 0 Å². The number of hydrogen-bond acceptors (Lipinski definition) is 6. The lowest BCUT2D eigenvalue weighted by molar-refractivity contribution is 0.537. The summed E-state index contributed by atoms with van der Waals surface area (Å²) in [5.74, 6) is -0.606. The first-order valence-corrected chi connectivity index (χ1v) is 15.1. The van der Waals surface area contributed by atoms with Gasteiger partial charge in [0.1, 0.15) is 22.8 Å². The molecule has 0 aliphatic heterocycles. The molecule has 0 amide bonds. The molecule has 3 N–H and O–H groups in total. The largest absolute Gasteiger partial charge is 0.464 e. The van der Waals surface area contributed by atoms with Gasteiger partial charge in [-0.2, -0.15) is 0 Å². The Labute approximate surface area is 262 Å². The second-order valence-electron chi connectivity index (χ2n) is 11.4. The van der Waals surface area contributed by atoms with Crippen LogP contribution >= 0.6 is 0 Å². The highest BCUT2D eigenvalue weighted by Gasteiger charge is 2.12. The fraction of sp³-hybridized carbons (Fsp3) is 0.333. The third-order valence-electron chi connectivity index (χ3n) is 7.92. The van der Waals surface area contributed by atoms with Crippen LogP contribution in [0.25, 0.3) is 32.9 Å². The van der Waals surface area contributed by atoms with Crippen molar-refractivity contribution in [2.75, 3.05) is 21.1 Å². The predicted molar refractivity (Wildman–Crippen MR) is 175 cm³/mol. The van der Waals surface area contributed by atoms with Gasteiger partial charge in [0.15, 0.2) is 11.4 Å². The van der Waals surface area contributed by atoms with Gasteiger partial charge in [0.2, 0.25) is 0 Å². The maximum atomic E-state index is 13.9. The molecule has 3 aromatic carbocycles. The van der Waals surface area contributed by atoms with Gasteiger partial charge in [0.05, 0.1) is 24.2 Å². The number of nitrogens with one attached hydrogen (secondary N) is 3. The molecule has 6 aromatic rings. The van der Waals surface area contributed by atoms with E-state index in [0.717, 1.165) is 28.3 Å². The molecule has 0 saturated carbocycles. The third-order valence-corrected chi connectivity index (χ3v) is 7.92. The molecule has 0 saturated heterocycles. The van der Waals surface area contributed by atoms with Crippen LogP contribution in [0, 0.1) is 17.5 Å². The molecule has 3 unspecified atom stereocenters. The molecule has 3 aromatic heterocycles. The molecule has 0 bridgehead atoms. The number of halogens is 3. The summed E-state index contributed by atoms with van der Waals surface area (Å²) < 4.78 is 56.6. The average Bonchev–Trinajstić information content (AvgIpc) is 3.80. The minimum absolute atomic E-state index is 0.161. The van der Waals surface area contributed by atoms with Gasteiger partial charge in [-0.25, -0.2) is 13.2 Å². The van der Waals surface area contributed by atoms with Crippen LogP contribution in [-0.2, 0) is 19.3 Å². The number of benzene rings is 3. The van der Waals surface area contributed by atoms with Crippen molar-refractivity contribution in [1.82, 2.24) is 16.0 Å². The molecule has 240 valence electrons. The first kappa shape index (κ1) is 33.8. The minimum atomic E-state index is -0.236. The van der Waals surface area contributed by atoms with Gasteiger partial charge in [-0.05, 0) is 120 Å². The summed E-state index contributed by atoms with van der Waals surface area (Å²) >= 11 is 0. The molecule has 9 heteroatoms. The molecule has 6 nitrogen and oxygen atoms in total. The Balaban J connectivity index is 0.000000154. The van der Waals surface area contributed by atoms with E-state index >= 15 is 0 Å². The standard InChI is InChI=1S/3C12H14FNO/c1-8(14-2)5-9-6-11(13)10-3-4-15-12(10)7-9;1-8(14-2)5-10-7-12-9(3-4-15-12)6-11(10)13;1-8(14-2)7-10-4-3-9-5-6-15-12(9)11(10)13/h2*3-4,6-8,14H,5H2,1-2H3;3-6,8,14H,7H2,1-2H3. The average molecular weight is 622 g/mol. The molecular formula is C36H42F3N3O3. The Bertz CT molecular complexity index is 1800. The molecule has 0 aliphatic carbocycles. The monoisotopic (exact) mass is 621 g/mol. The van der Waals surface area contributed by atoms with Crippen molar-refractivity contribution in [3.05, 3.63) is 108 Å². The van der Waals surface area contributed by atoms with E-state index in [2.05, 4.69) is 22.9 Å². The van der Waals surface area contributed by atoms with Crippen LogP contribution < -0.4 is 16.0 Å². The topological polar surface area (TPSA) is 75.5 Å². The van der Waals surface area contributed by atoms with E-state index < -0.39 is 0 Å². The Kier molecular flexibility index (Phi) is 11.9. The first-order chi connectivity index (χ1) is 21.6. The van der Waals surface area contributed by atoms with Crippen molar-refractivity contribution in [2.45, 2.75) is 58.2 Å². The fourth-order valence-corrected chi connectivity index (χ4v) is 4.89. The van der Waals surface area contributed by atoms with Crippen molar-refractivity contribution in [3.63, 3.8) is 0 Å². The highest BCUT2D eigenvalue weighted by molar-refractivity contribution is 5.79. The second kappa shape index (κ2) is 15.8. The number of likely N-dealkylation sites (N-methyl/N-ethyl adjacent to an activating group) is 3. The maximum absolute atomic E-state index is 13.9. The zero-order valence-electron chi connectivity index (χ0n) is 26.6. The Hall–Kier alpha value is -4.05. The summed E-state index contributed by atoms with van der Waals surface area (Å²) in [6.07, 6.45) is 6.73. The quantitative estimate of drug-likeness (QED) is 0.151. The zero-order valence-corrected chi connectivity index (χ0v) is 26.6. The Morgan fingerprint density at radius 2 is 1.18 bits per heavy atom. The van der Waals surface area contributed by atoms with E-state index in [4.69, 9.17) is 13.3 Å². The van der Waals surface area contributed by atoms with Crippen LogP contribution in [0.3, 0.4) is 0 Å². The van der Waals surface area contributed by atoms with E-state index in [1.807, 2.05) is 53.2 Å². The maximum Gasteiger partial charge on any atom is 0.169 e. The van der Waals surface area contributed by atoms with Gasteiger partial charge >= 0.3 is 0 Å². The number of hydrogen-bond donors (Lipinski definition) is 3. The van der Waals surface area contributed by atoms with Crippen LogP contribution in [0.4, 0.5) is 13.2 Å². The lowest BCUT2D eigenvalue weighted by atomic mass is 10.1. The lowest BCUT2D eigenvalue weighted by Crippen LogP contribution is -2.23. The van der Waals surface area contributed by atoms with E-state index in [0.29, 0.717) is 46.6 Å². The molecule has 6 rings (SSSR count). The molecule has 0 aliphatic rings. The van der Waals surface area contributed by atoms with Gasteiger partial charge < -0.3 is 29.2 Å². The van der Waals surface area contributed by atoms with Crippen molar-refractivity contribution in [3.8, 4) is 0 Å². The zero-order chi connectivity index (χ0) is 32.5. The van der Waals surface area contributed by atoms with Gasteiger partial charge in [0, 0.05) is 28.9 Å². The van der Waals surface area contributed by atoms with Gasteiger partial charge in [-0.15, -0.1) is 0 Å². The van der Waals surface area contributed by atoms with E-state index in [-0.39, 0.29) is 29.5 Å². The van der Waals surface area contributed by atoms with Crippen LogP contribution in [0.15, 0.2) is 86.6 Å². The summed E-state index contributed by atoms with van der Waals surface area (Å²) in [7, 11) is 5.63. The van der Waals surface area contributed by atoms with Gasteiger partial charge in [0.25, 0.3) is 0 Å². The third kappa shape index (κ3) is 8.78. The summed E-state index contributed by atoms with van der Waals surface area (Å²) in [6.45, 7) is 6.10. The normalized spacial score (nSPS) is 13.3. The summed E-state index contributed by atoms with van der Waals surface area (Å²) in [4.78, 5) is 0. The van der Waals surface area contributed by atoms with Crippen LogP contribution in [0.1, 0.15) is 37.5 Å². The smallest absolute Gasteiger partial charge is 0.169 e. The van der Waals surface area contributed by atoms with Crippen molar-refractivity contribution < 1.29 is 26.4 Å². The van der Waals surface area contributed by atoms with Crippen molar-refractivity contribution >= 4 is 32.9 Å². The van der Waals surface area contributed by atoms with E-state index in [1.165, 1.54) is 18.6 Å². The van der Waals surface area contributed by atoms with E-state index in [9.17, 15) is 13.2 Å². The Morgan fingerprint density at radius 3 is 1.89 bits per heavy atom. The van der Waals surface area contributed by atoms with Crippen LogP contribution in [0.2, 0.25) is 0 Å². The molecule has 0 fully saturated rings. The van der Waals surface area contributed by atoms with Gasteiger partial charge in [-0.1, -0.05) is 12.1 Å². The summed E-state index contributed by atoms with van der Waals surface area (Å²) in [5, 5.41) is 11.5. The number of rotatable bonds is 9. The van der Waals surface area contributed by atoms with E-state index in [1.54, 1.807) is 36.6 Å². The fourth-order valence-electron chi connectivity index (χ4n) is 4.89. The number of furan rings is 3. The Morgan fingerprint density at radius 1 is 0.578 bits per heavy atom. The van der Waals surface area contributed by atoms with Crippen LogP contribution in [-0.4, -0.2) is 39.3 Å².